The number of amides is 1. The van der Waals surface area contributed by atoms with Crippen molar-refractivity contribution in [1.29, 1.82) is 0 Å². The number of benzene rings is 1. The summed E-state index contributed by atoms with van der Waals surface area (Å²) in [6.45, 7) is 0.769. The van der Waals surface area contributed by atoms with Crippen molar-refractivity contribution in [3.05, 3.63) is 47.8 Å². The van der Waals surface area contributed by atoms with Crippen LogP contribution in [0.1, 0.15) is 41.4 Å². The van der Waals surface area contributed by atoms with Gasteiger partial charge in [-0.2, -0.15) is 0 Å². The highest BCUT2D eigenvalue weighted by atomic mass is 16.2. The molecule has 1 saturated carbocycles. The van der Waals surface area contributed by atoms with Crippen LogP contribution in [0.25, 0.3) is 0 Å². The summed E-state index contributed by atoms with van der Waals surface area (Å²) >= 11 is 0. The van der Waals surface area contributed by atoms with Crippen molar-refractivity contribution in [1.82, 2.24) is 4.57 Å². The molecule has 0 bridgehead atoms. The van der Waals surface area contributed by atoms with Crippen LogP contribution in [-0.2, 0) is 6.42 Å². The maximum Gasteiger partial charge on any atom is 0.274 e. The van der Waals surface area contributed by atoms with Crippen molar-refractivity contribution in [3.8, 4) is 0 Å². The van der Waals surface area contributed by atoms with Gasteiger partial charge in [-0.3, -0.25) is 4.79 Å². The third kappa shape index (κ3) is 2.02. The molecule has 1 aliphatic carbocycles. The fourth-order valence-electron chi connectivity index (χ4n) is 3.25. The first-order chi connectivity index (χ1) is 10.3. The summed E-state index contributed by atoms with van der Waals surface area (Å²) in [6.07, 6.45) is 6.30. The van der Waals surface area contributed by atoms with E-state index in [-0.39, 0.29) is 5.91 Å². The van der Waals surface area contributed by atoms with Gasteiger partial charge in [0.25, 0.3) is 5.91 Å². The molecule has 1 aromatic carbocycles. The molecule has 0 spiro atoms. The summed E-state index contributed by atoms with van der Waals surface area (Å²) in [5, 5.41) is 0. The van der Waals surface area contributed by atoms with Crippen molar-refractivity contribution in [3.63, 3.8) is 0 Å². The van der Waals surface area contributed by atoms with Gasteiger partial charge in [0.15, 0.2) is 0 Å². The molecule has 2 aliphatic rings. The summed E-state index contributed by atoms with van der Waals surface area (Å²) in [5.41, 5.74) is 9.75. The summed E-state index contributed by atoms with van der Waals surface area (Å²) in [5.74, 6) is 0.0958. The lowest BCUT2D eigenvalue weighted by Gasteiger charge is -2.30. The van der Waals surface area contributed by atoms with Crippen LogP contribution in [0.3, 0.4) is 0 Å². The highest BCUT2D eigenvalue weighted by molar-refractivity contribution is 6.06. The molecule has 1 amide bonds. The normalized spacial score (nSPS) is 17.6. The van der Waals surface area contributed by atoms with E-state index < -0.39 is 0 Å². The van der Waals surface area contributed by atoms with Crippen molar-refractivity contribution < 1.29 is 4.79 Å². The first-order valence-electron chi connectivity index (χ1n) is 7.62. The number of anilines is 2. The second-order valence-electron chi connectivity index (χ2n) is 5.94. The average Bonchev–Trinajstić information content (AvgIpc) is 3.24. The van der Waals surface area contributed by atoms with Crippen LogP contribution < -0.4 is 10.6 Å². The number of fused-ring (bicyclic) bond motifs is 1. The molecule has 1 aromatic heterocycles. The molecule has 21 heavy (non-hydrogen) atoms. The summed E-state index contributed by atoms with van der Waals surface area (Å²) < 4.78 is 2.13. The maximum absolute atomic E-state index is 13.0. The lowest BCUT2D eigenvalue weighted by molar-refractivity contribution is 0.0976. The molecule has 2 heterocycles. The lowest BCUT2D eigenvalue weighted by atomic mass is 9.99. The predicted octanol–water partition coefficient (Wildman–Crippen LogP) is 3.00. The number of nitrogen functional groups attached to an aromatic ring is 1. The Morgan fingerprint density at radius 3 is 2.86 bits per heavy atom. The molecule has 2 N–H and O–H groups in total. The quantitative estimate of drug-likeness (QED) is 0.860. The Balaban J connectivity index is 1.73. The number of rotatable bonds is 2. The molecule has 1 fully saturated rings. The van der Waals surface area contributed by atoms with E-state index in [2.05, 4.69) is 4.57 Å². The van der Waals surface area contributed by atoms with Gasteiger partial charge in [-0.05, 0) is 55.5 Å². The predicted molar refractivity (Wildman–Crippen MR) is 83.6 cm³/mol. The third-order valence-electron chi connectivity index (χ3n) is 4.47. The number of carbonyl (C=O) groups is 1. The minimum Gasteiger partial charge on any atom is -0.398 e. The van der Waals surface area contributed by atoms with Crippen LogP contribution in [0.2, 0.25) is 0 Å². The van der Waals surface area contributed by atoms with E-state index >= 15 is 0 Å². The zero-order chi connectivity index (χ0) is 14.4. The van der Waals surface area contributed by atoms with E-state index in [4.69, 9.17) is 5.73 Å². The first-order valence-corrected chi connectivity index (χ1v) is 7.62. The van der Waals surface area contributed by atoms with Gasteiger partial charge in [0.05, 0.1) is 0 Å². The van der Waals surface area contributed by atoms with E-state index in [0.717, 1.165) is 42.0 Å². The van der Waals surface area contributed by atoms with Crippen LogP contribution in [0.4, 0.5) is 11.4 Å². The Hall–Kier alpha value is -2.23. The van der Waals surface area contributed by atoms with Crippen LogP contribution >= 0.6 is 0 Å². The Morgan fingerprint density at radius 2 is 2.05 bits per heavy atom. The SMILES string of the molecule is Nc1cccc2c1CCCN2C(=O)c1cccn1C1CC1. The minimum atomic E-state index is 0.0958. The summed E-state index contributed by atoms with van der Waals surface area (Å²) in [7, 11) is 0. The molecule has 108 valence electrons. The standard InChI is InChI=1S/C17H19N3O/c18-14-5-1-6-15-13(14)4-2-11-20(15)17(21)16-7-3-10-19(16)12-8-9-12/h1,3,5-7,10,12H,2,4,8-9,11,18H2. The smallest absolute Gasteiger partial charge is 0.274 e. The topological polar surface area (TPSA) is 51.3 Å². The molecule has 4 nitrogen and oxygen atoms in total. The largest absolute Gasteiger partial charge is 0.398 e. The Morgan fingerprint density at radius 1 is 1.19 bits per heavy atom. The number of nitrogens with two attached hydrogens (primary N) is 1. The lowest BCUT2D eigenvalue weighted by Crippen LogP contribution is -2.36. The van der Waals surface area contributed by atoms with Crippen LogP contribution in [-0.4, -0.2) is 17.0 Å². The average molecular weight is 281 g/mol. The molecule has 4 rings (SSSR count). The van der Waals surface area contributed by atoms with Crippen LogP contribution in [0.5, 0.6) is 0 Å². The number of carbonyl (C=O) groups excluding carboxylic acids is 1. The summed E-state index contributed by atoms with van der Waals surface area (Å²) in [6, 6.07) is 10.3. The van der Waals surface area contributed by atoms with Crippen LogP contribution in [0.15, 0.2) is 36.5 Å². The van der Waals surface area contributed by atoms with Crippen molar-refractivity contribution in [2.75, 3.05) is 17.2 Å². The van der Waals surface area contributed by atoms with E-state index in [1.807, 2.05) is 41.4 Å². The van der Waals surface area contributed by atoms with Gasteiger partial charge < -0.3 is 15.2 Å². The van der Waals surface area contributed by atoms with E-state index in [1.165, 1.54) is 12.8 Å². The van der Waals surface area contributed by atoms with Crippen molar-refractivity contribution in [2.24, 2.45) is 0 Å². The van der Waals surface area contributed by atoms with Crippen LogP contribution in [0, 0.1) is 0 Å². The highest BCUT2D eigenvalue weighted by Gasteiger charge is 2.30. The van der Waals surface area contributed by atoms with Gasteiger partial charge in [0, 0.05) is 30.2 Å². The zero-order valence-corrected chi connectivity index (χ0v) is 12.0. The van der Waals surface area contributed by atoms with Gasteiger partial charge in [0.2, 0.25) is 0 Å². The van der Waals surface area contributed by atoms with Gasteiger partial charge in [-0.1, -0.05) is 6.07 Å². The van der Waals surface area contributed by atoms with Gasteiger partial charge in [-0.25, -0.2) is 0 Å². The van der Waals surface area contributed by atoms with Crippen molar-refractivity contribution in [2.45, 2.75) is 31.7 Å². The van der Waals surface area contributed by atoms with E-state index in [9.17, 15) is 4.79 Å². The molecule has 0 atom stereocenters. The molecule has 0 saturated heterocycles. The van der Waals surface area contributed by atoms with Gasteiger partial charge in [-0.15, -0.1) is 0 Å². The molecule has 2 aromatic rings. The number of aromatic nitrogens is 1. The number of hydrogen-bond donors (Lipinski definition) is 1. The fraction of sp³-hybridized carbons (Fsp3) is 0.353. The molecular weight excluding hydrogens is 262 g/mol. The molecular formula is C17H19N3O. The minimum absolute atomic E-state index is 0.0958. The second-order valence-corrected chi connectivity index (χ2v) is 5.94. The zero-order valence-electron chi connectivity index (χ0n) is 12.0. The monoisotopic (exact) mass is 281 g/mol. The fourth-order valence-corrected chi connectivity index (χ4v) is 3.25. The molecule has 0 unspecified atom stereocenters. The third-order valence-corrected chi connectivity index (χ3v) is 4.47. The Bertz CT molecular complexity index is 700. The van der Waals surface area contributed by atoms with Gasteiger partial charge in [0.1, 0.15) is 5.69 Å². The van der Waals surface area contributed by atoms with E-state index in [0.29, 0.717) is 6.04 Å². The number of hydrogen-bond acceptors (Lipinski definition) is 2. The molecule has 4 heteroatoms. The van der Waals surface area contributed by atoms with Crippen molar-refractivity contribution >= 4 is 17.3 Å². The second kappa shape index (κ2) is 4.65. The Kier molecular flexibility index (Phi) is 2.77. The first kappa shape index (κ1) is 12.5. The highest BCUT2D eigenvalue weighted by Crippen LogP contribution is 2.37. The molecule has 1 aliphatic heterocycles. The van der Waals surface area contributed by atoms with E-state index in [1.54, 1.807) is 0 Å². The summed E-state index contributed by atoms with van der Waals surface area (Å²) in [4.78, 5) is 14.8. The van der Waals surface area contributed by atoms with Gasteiger partial charge >= 0.3 is 0 Å². The Labute approximate surface area is 124 Å². The number of nitrogens with zero attached hydrogens (tertiary/aromatic N) is 2. The molecule has 0 radical (unpaired) electrons. The maximum atomic E-state index is 13.0.